The Bertz CT molecular complexity index is 2270. The Hall–Kier alpha value is -4.45. The number of nitrogens with zero attached hydrogens (tertiary/aromatic N) is 2. The largest absolute Gasteiger partial charge is 0.496 e. The number of nitrogens with one attached hydrogen (secondary N) is 2. The van der Waals surface area contributed by atoms with E-state index >= 15 is 0 Å². The predicted molar refractivity (Wildman–Crippen MR) is 208 cm³/mol. The van der Waals surface area contributed by atoms with Crippen molar-refractivity contribution in [1.29, 1.82) is 0 Å². The van der Waals surface area contributed by atoms with E-state index in [0.29, 0.717) is 38.0 Å². The van der Waals surface area contributed by atoms with Crippen LogP contribution in [-0.4, -0.2) is 109 Å². The first-order valence-corrected chi connectivity index (χ1v) is 19.8. The molecular formula is C44H52N4O7. The fourth-order valence-electron chi connectivity index (χ4n) is 12.5. The number of likely N-dealkylation sites (tertiary alicyclic amines) is 1. The van der Waals surface area contributed by atoms with Gasteiger partial charge >= 0.3 is 11.9 Å². The number of aromatic amines is 2. The Kier molecular flexibility index (Phi) is 8.60. The average Bonchev–Trinajstić information content (AvgIpc) is 3.73. The molecule has 6 aliphatic rings. The Morgan fingerprint density at radius 1 is 1.00 bits per heavy atom. The van der Waals surface area contributed by atoms with Gasteiger partial charge < -0.3 is 29.3 Å². The molecule has 2 aliphatic carbocycles. The second-order valence-corrected chi connectivity index (χ2v) is 16.9. The van der Waals surface area contributed by atoms with Crippen LogP contribution in [0, 0.1) is 23.2 Å². The number of piperidine rings is 3. The number of aromatic nitrogens is 2. The topological polar surface area (TPSA) is 137 Å². The van der Waals surface area contributed by atoms with E-state index in [0.717, 1.165) is 75.0 Å². The number of hydrogen-bond donors (Lipinski definition) is 3. The number of ether oxygens (including phenoxy) is 3. The van der Waals surface area contributed by atoms with E-state index in [1.54, 1.807) is 14.0 Å². The molecule has 6 heterocycles. The van der Waals surface area contributed by atoms with Crippen molar-refractivity contribution in [3.8, 4) is 5.75 Å². The number of ketones is 1. The number of H-pyrrole nitrogens is 2. The van der Waals surface area contributed by atoms with Gasteiger partial charge in [0.05, 0.1) is 33.5 Å². The number of para-hydroxylation sites is 1. The Balaban J connectivity index is 1.34. The van der Waals surface area contributed by atoms with Gasteiger partial charge in [0, 0.05) is 82.7 Å². The summed E-state index contributed by atoms with van der Waals surface area (Å²) in [7, 11) is 6.60. The first kappa shape index (κ1) is 36.2. The third-order valence-corrected chi connectivity index (χ3v) is 14.7. The molecule has 4 aliphatic heterocycles. The number of hydrogen-bond acceptors (Lipinski definition) is 9. The summed E-state index contributed by atoms with van der Waals surface area (Å²) < 4.78 is 17.6. The van der Waals surface area contributed by atoms with Crippen LogP contribution in [0.25, 0.3) is 21.8 Å². The van der Waals surface area contributed by atoms with Crippen LogP contribution in [0.15, 0.2) is 48.0 Å². The molecule has 9 atom stereocenters. The molecule has 1 saturated carbocycles. The van der Waals surface area contributed by atoms with Crippen molar-refractivity contribution in [2.45, 2.75) is 69.4 Å². The van der Waals surface area contributed by atoms with Crippen molar-refractivity contribution in [2.75, 3.05) is 54.6 Å². The zero-order chi connectivity index (χ0) is 38.6. The molecule has 2 unspecified atom stereocenters. The summed E-state index contributed by atoms with van der Waals surface area (Å²) in [6.07, 6.45) is 5.22. The van der Waals surface area contributed by atoms with Gasteiger partial charge in [-0.1, -0.05) is 29.8 Å². The highest BCUT2D eigenvalue weighted by Gasteiger charge is 2.64. The lowest BCUT2D eigenvalue weighted by atomic mass is 9.56. The van der Waals surface area contributed by atoms with E-state index in [1.165, 1.54) is 14.2 Å². The molecule has 11 heteroatoms. The number of Topliss-reactive ketones (excluding diaryl/α,β-unsaturated/α-hetero) is 1. The normalized spacial score (nSPS) is 33.4. The molecule has 0 amide bonds. The number of carbonyl (C=O) groups excluding carboxylic acids is 3. The van der Waals surface area contributed by atoms with E-state index in [4.69, 9.17) is 14.2 Å². The van der Waals surface area contributed by atoms with Crippen LogP contribution in [0.5, 0.6) is 5.75 Å². The number of rotatable bonds is 6. The number of carbonyl (C=O) groups is 3. The van der Waals surface area contributed by atoms with Gasteiger partial charge in [-0.15, -0.1) is 0 Å². The highest BCUT2D eigenvalue weighted by atomic mass is 16.5. The lowest BCUT2D eigenvalue weighted by Gasteiger charge is -2.57. The van der Waals surface area contributed by atoms with Gasteiger partial charge in [-0.25, -0.2) is 0 Å². The number of allylic oxidation sites excluding steroid dienone is 1. The summed E-state index contributed by atoms with van der Waals surface area (Å²) >= 11 is 0. The number of likely N-dealkylation sites (N-methyl/N-ethyl adjacent to an activating group) is 1. The Labute approximate surface area is 321 Å². The maximum absolute atomic E-state index is 14.4. The van der Waals surface area contributed by atoms with E-state index in [-0.39, 0.29) is 54.1 Å². The molecule has 4 fully saturated rings. The molecule has 2 aromatic heterocycles. The van der Waals surface area contributed by atoms with Gasteiger partial charge in [0.1, 0.15) is 22.4 Å². The molecular weight excluding hydrogens is 697 g/mol. The molecule has 55 heavy (non-hydrogen) atoms. The first-order chi connectivity index (χ1) is 26.6. The van der Waals surface area contributed by atoms with Gasteiger partial charge in [0.2, 0.25) is 0 Å². The zero-order valence-electron chi connectivity index (χ0n) is 32.7. The van der Waals surface area contributed by atoms with Crippen LogP contribution in [0.4, 0.5) is 0 Å². The van der Waals surface area contributed by atoms with E-state index in [1.807, 2.05) is 32.2 Å². The molecule has 3 N–H and O–H groups in total. The van der Waals surface area contributed by atoms with Crippen molar-refractivity contribution in [3.63, 3.8) is 0 Å². The van der Waals surface area contributed by atoms with Crippen molar-refractivity contribution < 1.29 is 33.7 Å². The van der Waals surface area contributed by atoms with E-state index in [9.17, 15) is 19.5 Å². The molecule has 6 bridgehead atoms. The summed E-state index contributed by atoms with van der Waals surface area (Å²) in [6.45, 7) is 5.58. The van der Waals surface area contributed by atoms with E-state index < -0.39 is 16.8 Å². The van der Waals surface area contributed by atoms with Crippen LogP contribution < -0.4 is 4.74 Å². The number of aliphatic hydroxyl groups excluding tert-OH is 1. The summed E-state index contributed by atoms with van der Waals surface area (Å²) in [4.78, 5) is 54.4. The molecule has 290 valence electrons. The van der Waals surface area contributed by atoms with Crippen LogP contribution >= 0.6 is 0 Å². The maximum atomic E-state index is 14.4. The van der Waals surface area contributed by atoms with Crippen LogP contribution in [0.3, 0.4) is 0 Å². The van der Waals surface area contributed by atoms with Gasteiger partial charge in [-0.3, -0.25) is 24.2 Å². The maximum Gasteiger partial charge on any atom is 0.319 e. The molecule has 0 spiro atoms. The molecule has 11 nitrogen and oxygen atoms in total. The minimum Gasteiger partial charge on any atom is -0.496 e. The van der Waals surface area contributed by atoms with Gasteiger partial charge in [0.25, 0.3) is 0 Å². The summed E-state index contributed by atoms with van der Waals surface area (Å²) in [6, 6.07) is 11.8. The number of esters is 2. The van der Waals surface area contributed by atoms with Crippen LogP contribution in [-0.2, 0) is 42.1 Å². The minimum atomic E-state index is -1.23. The molecule has 0 radical (unpaired) electrons. The third-order valence-electron chi connectivity index (χ3n) is 14.7. The molecule has 2 aromatic carbocycles. The van der Waals surface area contributed by atoms with Crippen molar-refractivity contribution in [3.05, 3.63) is 76.1 Å². The summed E-state index contributed by atoms with van der Waals surface area (Å²) in [5.41, 5.74) is 5.72. The van der Waals surface area contributed by atoms with Gasteiger partial charge in [-0.05, 0) is 88.2 Å². The molecule has 3 saturated heterocycles. The van der Waals surface area contributed by atoms with Gasteiger partial charge in [0.15, 0.2) is 0 Å². The number of aliphatic hydroxyl groups is 1. The first-order valence-electron chi connectivity index (χ1n) is 19.8. The van der Waals surface area contributed by atoms with E-state index in [2.05, 4.69) is 44.0 Å². The van der Waals surface area contributed by atoms with Crippen LogP contribution in [0.2, 0.25) is 0 Å². The highest BCUT2D eigenvalue weighted by Crippen LogP contribution is 2.58. The third kappa shape index (κ3) is 4.81. The molecule has 4 aromatic rings. The Morgan fingerprint density at radius 2 is 1.78 bits per heavy atom. The summed E-state index contributed by atoms with van der Waals surface area (Å²) in [5.74, 6) is -0.652. The molecule has 10 rings (SSSR count). The number of benzene rings is 2. The van der Waals surface area contributed by atoms with Crippen molar-refractivity contribution in [1.82, 2.24) is 19.8 Å². The fraction of sp³-hybridized carbons (Fsp3) is 0.523. The van der Waals surface area contributed by atoms with Crippen LogP contribution in [0.1, 0.15) is 67.1 Å². The average molecular weight is 749 g/mol. The lowest BCUT2D eigenvalue weighted by Crippen LogP contribution is -2.68. The minimum absolute atomic E-state index is 0.115. The fourth-order valence-corrected chi connectivity index (χ4v) is 12.5. The highest BCUT2D eigenvalue weighted by molar-refractivity contribution is 5.96. The quantitative estimate of drug-likeness (QED) is 0.183. The lowest BCUT2D eigenvalue weighted by molar-refractivity contribution is -0.169. The van der Waals surface area contributed by atoms with Crippen molar-refractivity contribution in [2.24, 2.45) is 23.2 Å². The summed E-state index contributed by atoms with van der Waals surface area (Å²) in [5, 5.41) is 13.6. The smallest absolute Gasteiger partial charge is 0.319 e. The number of fused-ring (bicyclic) bond motifs is 9. The van der Waals surface area contributed by atoms with Crippen molar-refractivity contribution >= 4 is 39.5 Å². The monoisotopic (exact) mass is 748 g/mol. The second-order valence-electron chi connectivity index (χ2n) is 16.9. The zero-order valence-corrected chi connectivity index (χ0v) is 32.7. The Morgan fingerprint density at radius 3 is 2.49 bits per heavy atom. The second kappa shape index (κ2) is 13.1. The van der Waals surface area contributed by atoms with Gasteiger partial charge in [-0.2, -0.15) is 0 Å². The standard InChI is InChI=1S/C44H52N4O7/c1-7-25-21-47(3)35-18-30-26-10-8-9-11-33(26)45-37(30)31(17-32(25)44(35,22-49)42(52)55-6)36-34(53-4)13-12-27-28-14-15-48-20-24-16-29(23(2)50)40(48)43(19-24,41(51)54-5)39(28)46-38(27)36/h7-13,24,29,31-32,35,40,45-46,49H,14-22H2,1-6H3/b25-7-/t24?,29-,31-,32+,35+,40+,43-,44+/m1/s1. The SMILES string of the molecule is C/C=C1/CN(C)[C@H]2Cc3c([nH]c4ccccc34)[C@@H](c3c(OC)ccc4c5c([nH]c34)[C@]3(C(=O)OC)CC4C[C@H](C(C)=O)[C@@H]3N(CC5)C4)C[C@@H]1[C@]2(CO)C(=O)OC. The number of methoxy groups -OCH3 is 3. The predicted octanol–water partition coefficient (Wildman–Crippen LogP) is 5.03.